The van der Waals surface area contributed by atoms with Crippen LogP contribution in [-0.2, 0) is 10.0 Å². The smallest absolute Gasteiger partial charge is 0.241 e. The average molecular weight is 300 g/mol. The van der Waals surface area contributed by atoms with Crippen molar-refractivity contribution in [3.05, 3.63) is 41.4 Å². The van der Waals surface area contributed by atoms with Crippen molar-refractivity contribution in [1.82, 2.24) is 4.72 Å². The Balaban J connectivity index is 2.48. The van der Waals surface area contributed by atoms with Crippen molar-refractivity contribution < 1.29 is 13.5 Å². The first-order chi connectivity index (χ1) is 9.06. The maximum atomic E-state index is 12.2. The van der Waals surface area contributed by atoms with Gasteiger partial charge in [0.1, 0.15) is 0 Å². The highest BCUT2D eigenvalue weighted by atomic mass is 35.5. The van der Waals surface area contributed by atoms with Crippen LogP contribution >= 0.6 is 11.6 Å². The summed E-state index contributed by atoms with van der Waals surface area (Å²) < 4.78 is 26.8. The molecule has 0 aliphatic rings. The van der Waals surface area contributed by atoms with Gasteiger partial charge in [-0.25, -0.2) is 13.1 Å². The number of aliphatic hydroxyl groups excluding tert-OH is 1. The molecule has 4 nitrogen and oxygen atoms in total. The molecule has 0 aliphatic carbocycles. The molecule has 0 amide bonds. The number of nitrogens with one attached hydrogen (secondary N) is 1. The minimum atomic E-state index is -3.60. The zero-order valence-corrected chi connectivity index (χ0v) is 11.7. The van der Waals surface area contributed by atoms with Crippen LogP contribution in [0, 0.1) is 0 Å². The van der Waals surface area contributed by atoms with E-state index < -0.39 is 10.0 Å². The van der Waals surface area contributed by atoms with E-state index in [9.17, 15) is 8.42 Å². The van der Waals surface area contributed by atoms with Gasteiger partial charge in [-0.05, 0) is 18.6 Å². The summed E-state index contributed by atoms with van der Waals surface area (Å²) in [5.41, 5.74) is 0. The van der Waals surface area contributed by atoms with Gasteiger partial charge >= 0.3 is 0 Å². The standard InChI is InChI=1S/C13H14ClNO3S/c14-12-6-7-13(11-5-2-1-4-10(11)12)19(17,18)15-8-3-9-16/h1-2,4-7,15-16H,3,8-9H2. The molecule has 0 spiro atoms. The molecule has 2 N–H and O–H groups in total. The third-order valence-electron chi connectivity index (χ3n) is 2.75. The van der Waals surface area contributed by atoms with Gasteiger partial charge in [-0.15, -0.1) is 0 Å². The Morgan fingerprint density at radius 1 is 1.11 bits per heavy atom. The van der Waals surface area contributed by atoms with Crippen LogP contribution in [0.2, 0.25) is 5.02 Å². The molecule has 0 aliphatic heterocycles. The number of hydrogen-bond donors (Lipinski definition) is 2. The van der Waals surface area contributed by atoms with Gasteiger partial charge in [0.25, 0.3) is 0 Å². The lowest BCUT2D eigenvalue weighted by molar-refractivity contribution is 0.289. The van der Waals surface area contributed by atoms with E-state index in [1.165, 1.54) is 6.07 Å². The first-order valence-electron chi connectivity index (χ1n) is 5.84. The molecule has 0 saturated heterocycles. The quantitative estimate of drug-likeness (QED) is 0.831. The van der Waals surface area contributed by atoms with E-state index in [0.717, 1.165) is 0 Å². The molecule has 2 aromatic rings. The van der Waals surface area contributed by atoms with Crippen molar-refractivity contribution in [1.29, 1.82) is 0 Å². The SMILES string of the molecule is O=S(=O)(NCCCO)c1ccc(Cl)c2ccccc12. The summed E-state index contributed by atoms with van der Waals surface area (Å²) in [4.78, 5) is 0.199. The summed E-state index contributed by atoms with van der Waals surface area (Å²) in [5.74, 6) is 0. The average Bonchev–Trinajstić information content (AvgIpc) is 2.39. The molecule has 19 heavy (non-hydrogen) atoms. The van der Waals surface area contributed by atoms with Crippen LogP contribution < -0.4 is 4.72 Å². The van der Waals surface area contributed by atoms with Crippen LogP contribution in [-0.4, -0.2) is 26.7 Å². The molecule has 102 valence electrons. The summed E-state index contributed by atoms with van der Waals surface area (Å²) in [5, 5.41) is 10.5. The van der Waals surface area contributed by atoms with Crippen LogP contribution in [0.25, 0.3) is 10.8 Å². The summed E-state index contributed by atoms with van der Waals surface area (Å²) in [7, 11) is -3.60. The van der Waals surface area contributed by atoms with Crippen LogP contribution in [0.15, 0.2) is 41.3 Å². The highest BCUT2D eigenvalue weighted by molar-refractivity contribution is 7.89. The fourth-order valence-electron chi connectivity index (χ4n) is 1.83. The Morgan fingerprint density at radius 3 is 2.47 bits per heavy atom. The van der Waals surface area contributed by atoms with Gasteiger partial charge < -0.3 is 5.11 Å². The van der Waals surface area contributed by atoms with Crippen molar-refractivity contribution in [3.8, 4) is 0 Å². The lowest BCUT2D eigenvalue weighted by atomic mass is 10.1. The van der Waals surface area contributed by atoms with Crippen molar-refractivity contribution in [2.75, 3.05) is 13.2 Å². The van der Waals surface area contributed by atoms with Crippen molar-refractivity contribution in [3.63, 3.8) is 0 Å². The zero-order chi connectivity index (χ0) is 13.9. The van der Waals surface area contributed by atoms with E-state index >= 15 is 0 Å². The second-order valence-electron chi connectivity index (χ2n) is 4.07. The highest BCUT2D eigenvalue weighted by Crippen LogP contribution is 2.28. The van der Waals surface area contributed by atoms with Gasteiger partial charge in [0.2, 0.25) is 10.0 Å². The number of aliphatic hydroxyl groups is 1. The molecule has 0 bridgehead atoms. The lowest BCUT2D eigenvalue weighted by Gasteiger charge is -2.10. The van der Waals surface area contributed by atoms with E-state index in [4.69, 9.17) is 16.7 Å². The fourth-order valence-corrected chi connectivity index (χ4v) is 3.34. The molecule has 0 saturated carbocycles. The Morgan fingerprint density at radius 2 is 1.79 bits per heavy atom. The summed E-state index contributed by atoms with van der Waals surface area (Å²) in [6, 6.07) is 10.2. The maximum Gasteiger partial charge on any atom is 0.241 e. The predicted molar refractivity (Wildman–Crippen MR) is 75.8 cm³/mol. The molecule has 0 radical (unpaired) electrons. The Kier molecular flexibility index (Phi) is 4.42. The van der Waals surface area contributed by atoms with Gasteiger partial charge in [0, 0.05) is 28.9 Å². The third kappa shape index (κ3) is 3.06. The van der Waals surface area contributed by atoms with Crippen molar-refractivity contribution in [2.45, 2.75) is 11.3 Å². The molecule has 0 aromatic heterocycles. The highest BCUT2D eigenvalue weighted by Gasteiger charge is 2.17. The van der Waals surface area contributed by atoms with Gasteiger partial charge in [-0.1, -0.05) is 35.9 Å². The number of benzene rings is 2. The molecule has 2 aromatic carbocycles. The zero-order valence-electron chi connectivity index (χ0n) is 10.1. The lowest BCUT2D eigenvalue weighted by Crippen LogP contribution is -2.25. The fraction of sp³-hybridized carbons (Fsp3) is 0.231. The molecule has 0 heterocycles. The summed E-state index contributed by atoms with van der Waals surface area (Å²) in [6.45, 7) is 0.152. The number of rotatable bonds is 5. The van der Waals surface area contributed by atoms with Gasteiger partial charge in [0.15, 0.2) is 0 Å². The van der Waals surface area contributed by atoms with Gasteiger partial charge in [-0.2, -0.15) is 0 Å². The van der Waals surface area contributed by atoms with Crippen LogP contribution in [0.4, 0.5) is 0 Å². The Hall–Kier alpha value is -1.14. The molecular formula is C13H14ClNO3S. The number of halogens is 1. The van der Waals surface area contributed by atoms with Crippen molar-refractivity contribution >= 4 is 32.4 Å². The van der Waals surface area contributed by atoms with Crippen LogP contribution in [0.1, 0.15) is 6.42 Å². The van der Waals surface area contributed by atoms with Gasteiger partial charge in [0.05, 0.1) is 4.90 Å². The van der Waals surface area contributed by atoms with Crippen LogP contribution in [0.5, 0.6) is 0 Å². The molecular weight excluding hydrogens is 286 g/mol. The third-order valence-corrected chi connectivity index (χ3v) is 4.60. The minimum Gasteiger partial charge on any atom is -0.396 e. The Labute approximate surface area is 117 Å². The molecule has 0 unspecified atom stereocenters. The first-order valence-corrected chi connectivity index (χ1v) is 7.70. The second-order valence-corrected chi connectivity index (χ2v) is 6.21. The van der Waals surface area contributed by atoms with E-state index in [2.05, 4.69) is 4.72 Å². The Bertz CT molecular complexity index is 685. The van der Waals surface area contributed by atoms with E-state index in [1.54, 1.807) is 24.3 Å². The molecule has 2 rings (SSSR count). The maximum absolute atomic E-state index is 12.2. The van der Waals surface area contributed by atoms with Gasteiger partial charge in [-0.3, -0.25) is 0 Å². The van der Waals surface area contributed by atoms with E-state index in [0.29, 0.717) is 22.2 Å². The van der Waals surface area contributed by atoms with Crippen molar-refractivity contribution in [2.24, 2.45) is 0 Å². The van der Waals surface area contributed by atoms with E-state index in [-0.39, 0.29) is 18.0 Å². The van der Waals surface area contributed by atoms with E-state index in [1.807, 2.05) is 6.07 Å². The topological polar surface area (TPSA) is 66.4 Å². The molecule has 6 heteroatoms. The monoisotopic (exact) mass is 299 g/mol. The summed E-state index contributed by atoms with van der Waals surface area (Å²) in [6.07, 6.45) is 0.380. The molecule has 0 fully saturated rings. The summed E-state index contributed by atoms with van der Waals surface area (Å²) >= 11 is 6.06. The van der Waals surface area contributed by atoms with Crippen LogP contribution in [0.3, 0.4) is 0 Å². The normalized spacial score (nSPS) is 11.9. The predicted octanol–water partition coefficient (Wildman–Crippen LogP) is 2.15. The largest absolute Gasteiger partial charge is 0.396 e. The number of hydrogen-bond acceptors (Lipinski definition) is 3. The molecule has 0 atom stereocenters. The second kappa shape index (κ2) is 5.88. The minimum absolute atomic E-state index is 0.0517. The number of sulfonamides is 1. The first kappa shape index (κ1) is 14.3. The number of fused-ring (bicyclic) bond motifs is 1.